The lowest BCUT2D eigenvalue weighted by atomic mass is 10.1. The van der Waals surface area contributed by atoms with Crippen molar-refractivity contribution in [2.24, 2.45) is 5.73 Å². The number of rotatable bonds is 10. The minimum Gasteiger partial charge on any atom is -0.484 e. The van der Waals surface area contributed by atoms with Crippen LogP contribution in [0.25, 0.3) is 0 Å². The summed E-state index contributed by atoms with van der Waals surface area (Å²) >= 11 is 0. The maximum Gasteiger partial charge on any atom is 0.262 e. The van der Waals surface area contributed by atoms with E-state index < -0.39 is 15.9 Å². The molecule has 0 radical (unpaired) electrons. The quantitative estimate of drug-likeness (QED) is 0.608. The summed E-state index contributed by atoms with van der Waals surface area (Å²) in [5.41, 5.74) is 6.46. The molecule has 0 heterocycles. The molecule has 2 rings (SSSR count). The first-order valence-electron chi connectivity index (χ1n) is 9.16. The van der Waals surface area contributed by atoms with E-state index in [1.165, 1.54) is 28.6 Å². The van der Waals surface area contributed by atoms with Crippen molar-refractivity contribution in [3.63, 3.8) is 0 Å². The molecule has 0 aliphatic rings. The van der Waals surface area contributed by atoms with E-state index in [0.717, 1.165) is 5.56 Å². The van der Waals surface area contributed by atoms with Crippen LogP contribution < -0.4 is 15.8 Å². The fraction of sp³-hybridized carbons (Fsp3) is 0.300. The minimum absolute atomic E-state index is 0.136. The van der Waals surface area contributed by atoms with Crippen LogP contribution in [-0.2, 0) is 26.0 Å². The van der Waals surface area contributed by atoms with Crippen LogP contribution in [0.2, 0.25) is 0 Å². The summed E-state index contributed by atoms with van der Waals surface area (Å²) < 4.78 is 31.7. The topological polar surface area (TPSA) is 119 Å². The lowest BCUT2D eigenvalue weighted by Crippen LogP contribution is -2.30. The number of primary amides is 1. The van der Waals surface area contributed by atoms with Crippen molar-refractivity contribution in [3.05, 3.63) is 54.1 Å². The molecule has 2 aromatic carbocycles. The smallest absolute Gasteiger partial charge is 0.262 e. The lowest BCUT2D eigenvalue weighted by Gasteiger charge is -2.18. The Bertz CT molecular complexity index is 937. The average Bonchev–Trinajstić information content (AvgIpc) is 2.68. The third-order valence-electron chi connectivity index (χ3n) is 4.15. The van der Waals surface area contributed by atoms with Crippen molar-refractivity contribution in [1.82, 2.24) is 4.31 Å². The zero-order valence-electron chi connectivity index (χ0n) is 16.4. The van der Waals surface area contributed by atoms with Crippen LogP contribution in [0.5, 0.6) is 5.75 Å². The van der Waals surface area contributed by atoms with Gasteiger partial charge in [0.25, 0.3) is 5.91 Å². The van der Waals surface area contributed by atoms with Gasteiger partial charge in [-0.25, -0.2) is 8.42 Å². The summed E-state index contributed by atoms with van der Waals surface area (Å²) in [6.45, 7) is 4.11. The number of amides is 2. The third kappa shape index (κ3) is 6.30. The minimum atomic E-state index is -3.53. The zero-order chi connectivity index (χ0) is 21.4. The summed E-state index contributed by atoms with van der Waals surface area (Å²) in [4.78, 5) is 23.1. The van der Waals surface area contributed by atoms with Crippen LogP contribution in [0.3, 0.4) is 0 Å². The Kier molecular flexibility index (Phi) is 7.74. The first kappa shape index (κ1) is 22.4. The molecule has 0 bridgehead atoms. The number of hydrogen-bond donors (Lipinski definition) is 2. The van der Waals surface area contributed by atoms with Gasteiger partial charge in [-0.15, -0.1) is 0 Å². The maximum absolute atomic E-state index is 12.5. The van der Waals surface area contributed by atoms with Gasteiger partial charge in [-0.3, -0.25) is 9.59 Å². The Morgan fingerprint density at radius 2 is 1.59 bits per heavy atom. The van der Waals surface area contributed by atoms with Gasteiger partial charge >= 0.3 is 0 Å². The van der Waals surface area contributed by atoms with Crippen molar-refractivity contribution < 1.29 is 22.7 Å². The second-order valence-corrected chi connectivity index (χ2v) is 8.18. The summed E-state index contributed by atoms with van der Waals surface area (Å²) in [5, 5.41) is 2.68. The van der Waals surface area contributed by atoms with Gasteiger partial charge in [-0.2, -0.15) is 4.31 Å². The SMILES string of the molecule is CCN(CC)S(=O)(=O)c1ccc(OCC(=O)Nc2ccc(CC(N)=O)cc2)cc1. The van der Waals surface area contributed by atoms with E-state index in [4.69, 9.17) is 10.5 Å². The molecule has 0 aliphatic heterocycles. The van der Waals surface area contributed by atoms with Gasteiger partial charge in [-0.1, -0.05) is 26.0 Å². The number of carbonyl (C=O) groups is 2. The maximum atomic E-state index is 12.5. The molecule has 8 nitrogen and oxygen atoms in total. The number of benzene rings is 2. The monoisotopic (exact) mass is 419 g/mol. The largest absolute Gasteiger partial charge is 0.484 e. The number of nitrogens with two attached hydrogens (primary N) is 1. The van der Waals surface area contributed by atoms with Crippen molar-refractivity contribution in [3.8, 4) is 5.75 Å². The van der Waals surface area contributed by atoms with Crippen LogP contribution >= 0.6 is 0 Å². The van der Waals surface area contributed by atoms with E-state index >= 15 is 0 Å². The standard InChI is InChI=1S/C20H25N3O5S/c1-3-23(4-2)29(26,27)18-11-9-17(10-12-18)28-14-20(25)22-16-7-5-15(6-8-16)13-19(21)24/h5-12H,3-4,13-14H2,1-2H3,(H2,21,24)(H,22,25). The molecule has 0 saturated carbocycles. The van der Waals surface area contributed by atoms with Gasteiger partial charge in [0.2, 0.25) is 15.9 Å². The van der Waals surface area contributed by atoms with Crippen molar-refractivity contribution in [2.75, 3.05) is 25.0 Å². The molecule has 0 saturated heterocycles. The first-order valence-corrected chi connectivity index (χ1v) is 10.6. The van der Waals surface area contributed by atoms with Gasteiger partial charge in [-0.05, 0) is 42.0 Å². The van der Waals surface area contributed by atoms with Gasteiger partial charge < -0.3 is 15.8 Å². The van der Waals surface area contributed by atoms with E-state index in [9.17, 15) is 18.0 Å². The molecule has 0 fully saturated rings. The van der Waals surface area contributed by atoms with E-state index in [1.54, 1.807) is 38.1 Å². The third-order valence-corrected chi connectivity index (χ3v) is 6.22. The highest BCUT2D eigenvalue weighted by atomic mass is 32.2. The van der Waals surface area contributed by atoms with Gasteiger partial charge in [0.1, 0.15) is 5.75 Å². The van der Waals surface area contributed by atoms with E-state index in [1.807, 2.05) is 0 Å². The molecule has 0 aliphatic carbocycles. The molecule has 9 heteroatoms. The van der Waals surface area contributed by atoms with Crippen LogP contribution in [0, 0.1) is 0 Å². The van der Waals surface area contributed by atoms with E-state index in [2.05, 4.69) is 5.32 Å². The number of carbonyl (C=O) groups excluding carboxylic acids is 2. The van der Waals surface area contributed by atoms with Gasteiger partial charge in [0.15, 0.2) is 6.61 Å². The molecule has 0 atom stereocenters. The Balaban J connectivity index is 1.91. The number of nitrogens with zero attached hydrogens (tertiary/aromatic N) is 1. The molecule has 2 aromatic rings. The van der Waals surface area contributed by atoms with Crippen LogP contribution in [0.15, 0.2) is 53.4 Å². The van der Waals surface area contributed by atoms with E-state index in [-0.39, 0.29) is 23.8 Å². The number of sulfonamides is 1. The summed E-state index contributed by atoms with van der Waals surface area (Å²) in [5.74, 6) is -0.408. The molecule has 0 unspecified atom stereocenters. The summed E-state index contributed by atoms with van der Waals surface area (Å²) in [7, 11) is -3.53. The van der Waals surface area contributed by atoms with Crippen LogP contribution in [-0.4, -0.2) is 44.2 Å². The van der Waals surface area contributed by atoms with Crippen molar-refractivity contribution >= 4 is 27.5 Å². The fourth-order valence-corrected chi connectivity index (χ4v) is 4.13. The summed E-state index contributed by atoms with van der Waals surface area (Å²) in [6, 6.07) is 12.7. The first-order chi connectivity index (χ1) is 13.8. The van der Waals surface area contributed by atoms with Crippen LogP contribution in [0.4, 0.5) is 5.69 Å². The molecular formula is C20H25N3O5S. The predicted octanol–water partition coefficient (Wildman–Crippen LogP) is 1.76. The molecule has 3 N–H and O–H groups in total. The lowest BCUT2D eigenvalue weighted by molar-refractivity contribution is -0.118. The highest BCUT2D eigenvalue weighted by molar-refractivity contribution is 7.89. The number of anilines is 1. The molecular weight excluding hydrogens is 394 g/mol. The highest BCUT2D eigenvalue weighted by Gasteiger charge is 2.21. The fourth-order valence-electron chi connectivity index (χ4n) is 2.67. The highest BCUT2D eigenvalue weighted by Crippen LogP contribution is 2.19. The molecule has 0 aromatic heterocycles. The number of nitrogens with one attached hydrogen (secondary N) is 1. The molecule has 0 spiro atoms. The Hall–Kier alpha value is -2.91. The Morgan fingerprint density at radius 3 is 2.10 bits per heavy atom. The normalized spacial score (nSPS) is 11.3. The van der Waals surface area contributed by atoms with Crippen molar-refractivity contribution in [1.29, 1.82) is 0 Å². The number of ether oxygens (including phenoxy) is 1. The predicted molar refractivity (Wildman–Crippen MR) is 110 cm³/mol. The summed E-state index contributed by atoms with van der Waals surface area (Å²) in [6.07, 6.45) is 0.136. The van der Waals surface area contributed by atoms with Gasteiger partial charge in [0, 0.05) is 18.8 Å². The molecule has 156 valence electrons. The second-order valence-electron chi connectivity index (χ2n) is 6.24. The Morgan fingerprint density at radius 1 is 1.00 bits per heavy atom. The Labute approximate surface area is 170 Å². The van der Waals surface area contributed by atoms with Gasteiger partial charge in [0.05, 0.1) is 11.3 Å². The molecule has 29 heavy (non-hydrogen) atoms. The van der Waals surface area contributed by atoms with Crippen molar-refractivity contribution in [2.45, 2.75) is 25.2 Å². The average molecular weight is 420 g/mol. The zero-order valence-corrected chi connectivity index (χ0v) is 17.2. The van der Waals surface area contributed by atoms with Crippen LogP contribution in [0.1, 0.15) is 19.4 Å². The molecule has 2 amide bonds. The second kappa shape index (κ2) is 10.0. The number of hydrogen-bond acceptors (Lipinski definition) is 5. The van der Waals surface area contributed by atoms with E-state index in [0.29, 0.717) is 24.5 Å².